The molecule has 2 aromatic carbocycles. The minimum Gasteiger partial charge on any atom is -0.490 e. The highest BCUT2D eigenvalue weighted by atomic mass is 32.2. The van der Waals surface area contributed by atoms with Gasteiger partial charge < -0.3 is 29.2 Å². The molecule has 2 unspecified atom stereocenters. The zero-order valence-electron chi connectivity index (χ0n) is 18.0. The first-order valence-electron chi connectivity index (χ1n) is 10.1. The van der Waals surface area contributed by atoms with Gasteiger partial charge in [-0.15, -0.1) is 0 Å². The van der Waals surface area contributed by atoms with Gasteiger partial charge in [-0.1, -0.05) is 30.3 Å². The van der Waals surface area contributed by atoms with Gasteiger partial charge in [0.15, 0.2) is 0 Å². The van der Waals surface area contributed by atoms with Gasteiger partial charge in [0.05, 0.1) is 18.1 Å². The summed E-state index contributed by atoms with van der Waals surface area (Å²) in [5, 5.41) is 21.5. The van der Waals surface area contributed by atoms with Crippen LogP contribution in [0.4, 0.5) is 0 Å². The summed E-state index contributed by atoms with van der Waals surface area (Å²) in [7, 11) is -1.44. The largest absolute Gasteiger partial charge is 0.490 e. The van der Waals surface area contributed by atoms with Crippen molar-refractivity contribution in [3.63, 3.8) is 0 Å². The standard InChI is InChI=1S/C22H28O9S/c1-28-10-14(23)12-30-21-17-5-3-4-6-18(17)22(31-13-15(24)11-29-2)20-9-16(32(25,26)27)7-8-19(20)21/h3-7,14-15,23-24H,8-13H2,1-2H3,(H,25,26,27). The molecule has 0 fully saturated rings. The summed E-state index contributed by atoms with van der Waals surface area (Å²) in [6.45, 7) is 0.0915. The Morgan fingerprint density at radius 1 is 0.875 bits per heavy atom. The van der Waals surface area contributed by atoms with Gasteiger partial charge in [0.2, 0.25) is 0 Å². The minimum absolute atomic E-state index is 0.0219. The maximum absolute atomic E-state index is 11.8. The molecule has 32 heavy (non-hydrogen) atoms. The maximum Gasteiger partial charge on any atom is 0.290 e. The molecular formula is C22H28O9S. The van der Waals surface area contributed by atoms with Crippen LogP contribution >= 0.6 is 0 Å². The highest BCUT2D eigenvalue weighted by Crippen LogP contribution is 2.44. The molecule has 9 nitrogen and oxygen atoms in total. The van der Waals surface area contributed by atoms with Crippen molar-refractivity contribution in [2.45, 2.75) is 25.0 Å². The van der Waals surface area contributed by atoms with Crippen molar-refractivity contribution in [2.75, 3.05) is 40.6 Å². The first-order chi connectivity index (χ1) is 15.3. The van der Waals surface area contributed by atoms with E-state index in [0.717, 1.165) is 5.39 Å². The monoisotopic (exact) mass is 468 g/mol. The molecule has 0 bridgehead atoms. The zero-order valence-corrected chi connectivity index (χ0v) is 18.8. The topological polar surface area (TPSA) is 132 Å². The molecule has 0 saturated heterocycles. The van der Waals surface area contributed by atoms with Crippen LogP contribution in [0.2, 0.25) is 0 Å². The molecule has 2 atom stereocenters. The summed E-state index contributed by atoms with van der Waals surface area (Å²) in [5.41, 5.74) is 1.23. The average Bonchev–Trinajstić information content (AvgIpc) is 2.75. The van der Waals surface area contributed by atoms with Crippen LogP contribution in [0.5, 0.6) is 11.5 Å². The molecule has 0 saturated carbocycles. The van der Waals surface area contributed by atoms with Gasteiger partial charge >= 0.3 is 0 Å². The molecule has 1 aliphatic carbocycles. The number of hydrogen-bond acceptors (Lipinski definition) is 8. The Bertz CT molecular complexity index is 1080. The number of rotatable bonds is 11. The van der Waals surface area contributed by atoms with E-state index in [1.807, 2.05) is 12.1 Å². The predicted molar refractivity (Wildman–Crippen MR) is 118 cm³/mol. The smallest absolute Gasteiger partial charge is 0.290 e. The molecular weight excluding hydrogens is 440 g/mol. The fraction of sp³-hybridized carbons (Fsp3) is 0.455. The van der Waals surface area contributed by atoms with Crippen LogP contribution in [0.15, 0.2) is 35.2 Å². The second-order valence-corrected chi connectivity index (χ2v) is 9.00. The van der Waals surface area contributed by atoms with Crippen molar-refractivity contribution >= 4 is 20.9 Å². The summed E-state index contributed by atoms with van der Waals surface area (Å²) in [4.78, 5) is -0.132. The van der Waals surface area contributed by atoms with Crippen LogP contribution in [-0.4, -0.2) is 76.0 Å². The first kappa shape index (κ1) is 24.4. The van der Waals surface area contributed by atoms with Gasteiger partial charge in [-0.3, -0.25) is 4.55 Å². The van der Waals surface area contributed by atoms with Gasteiger partial charge in [-0.2, -0.15) is 8.42 Å². The summed E-state index contributed by atoms with van der Waals surface area (Å²) in [5.74, 6) is 0.908. The Balaban J connectivity index is 2.10. The summed E-state index contributed by atoms with van der Waals surface area (Å²) in [6.07, 6.45) is -0.195. The van der Waals surface area contributed by atoms with Crippen molar-refractivity contribution in [2.24, 2.45) is 0 Å². The molecule has 2 aromatic rings. The van der Waals surface area contributed by atoms with E-state index in [9.17, 15) is 23.2 Å². The molecule has 0 heterocycles. The Kier molecular flexibility index (Phi) is 8.10. The fourth-order valence-electron chi connectivity index (χ4n) is 3.71. The van der Waals surface area contributed by atoms with Crippen LogP contribution < -0.4 is 9.47 Å². The highest BCUT2D eigenvalue weighted by molar-refractivity contribution is 7.89. The maximum atomic E-state index is 11.8. The number of hydrogen-bond donors (Lipinski definition) is 3. The van der Waals surface area contributed by atoms with Gasteiger partial charge in [-0.05, 0) is 6.42 Å². The molecule has 3 rings (SSSR count). The van der Waals surface area contributed by atoms with E-state index in [4.69, 9.17) is 18.9 Å². The first-order valence-corrected chi connectivity index (χ1v) is 11.5. The van der Waals surface area contributed by atoms with Gasteiger partial charge in [0.1, 0.15) is 36.9 Å². The third kappa shape index (κ3) is 5.58. The Morgan fingerprint density at radius 2 is 1.38 bits per heavy atom. The van der Waals surface area contributed by atoms with Crippen LogP contribution in [0.1, 0.15) is 11.1 Å². The van der Waals surface area contributed by atoms with E-state index in [0.29, 0.717) is 28.0 Å². The molecule has 0 aromatic heterocycles. The molecule has 0 radical (unpaired) electrons. The van der Waals surface area contributed by atoms with Crippen molar-refractivity contribution in [3.8, 4) is 11.5 Å². The fourth-order valence-corrected chi connectivity index (χ4v) is 4.33. The van der Waals surface area contributed by atoms with Crippen LogP contribution in [-0.2, 0) is 32.4 Å². The second-order valence-electron chi connectivity index (χ2n) is 7.53. The number of aliphatic hydroxyl groups is 2. The summed E-state index contributed by atoms with van der Waals surface area (Å²) >= 11 is 0. The molecule has 176 valence electrons. The lowest BCUT2D eigenvalue weighted by atomic mass is 9.90. The molecule has 0 aliphatic heterocycles. The van der Waals surface area contributed by atoms with Gasteiger partial charge in [0.25, 0.3) is 10.1 Å². The Hall–Kier alpha value is -2.21. The van der Waals surface area contributed by atoms with Crippen LogP contribution in [0.25, 0.3) is 10.8 Å². The number of aliphatic hydroxyl groups excluding tert-OH is 2. The van der Waals surface area contributed by atoms with Crippen molar-refractivity contribution in [1.29, 1.82) is 0 Å². The molecule has 0 spiro atoms. The van der Waals surface area contributed by atoms with Gasteiger partial charge in [0, 0.05) is 42.5 Å². The second kappa shape index (κ2) is 10.6. The SMILES string of the molecule is COCC(O)COc1c2c(c(OCC(O)COC)c3ccccc13)CC(S(=O)(=O)O)=CC2. The average molecular weight is 469 g/mol. The van der Waals surface area contributed by atoms with Crippen molar-refractivity contribution in [1.82, 2.24) is 0 Å². The number of fused-ring (bicyclic) bond motifs is 2. The van der Waals surface area contributed by atoms with E-state index >= 15 is 0 Å². The third-order valence-corrected chi connectivity index (χ3v) is 6.08. The van der Waals surface area contributed by atoms with Crippen molar-refractivity contribution < 1.29 is 42.1 Å². The third-order valence-electron chi connectivity index (χ3n) is 5.10. The van der Waals surface area contributed by atoms with Crippen molar-refractivity contribution in [3.05, 3.63) is 46.4 Å². The quantitative estimate of drug-likeness (QED) is 0.420. The normalized spacial score (nSPS) is 15.7. The van der Waals surface area contributed by atoms with E-state index in [2.05, 4.69) is 0 Å². The van der Waals surface area contributed by atoms with Gasteiger partial charge in [-0.25, -0.2) is 0 Å². The summed E-state index contributed by atoms with van der Waals surface area (Å²) < 4.78 is 55.0. The van der Waals surface area contributed by atoms with E-state index in [1.165, 1.54) is 20.3 Å². The number of benzene rings is 2. The highest BCUT2D eigenvalue weighted by Gasteiger charge is 2.28. The lowest BCUT2D eigenvalue weighted by Gasteiger charge is -2.26. The van der Waals surface area contributed by atoms with E-state index < -0.39 is 22.3 Å². The lowest BCUT2D eigenvalue weighted by molar-refractivity contribution is 0.0318. The molecule has 1 aliphatic rings. The van der Waals surface area contributed by atoms with E-state index in [-0.39, 0.29) is 44.2 Å². The Labute approximate surface area is 186 Å². The minimum atomic E-state index is -4.39. The number of methoxy groups -OCH3 is 2. The number of allylic oxidation sites excluding steroid dienone is 2. The zero-order chi connectivity index (χ0) is 23.3. The molecule has 3 N–H and O–H groups in total. The van der Waals surface area contributed by atoms with Crippen LogP contribution in [0, 0.1) is 0 Å². The Morgan fingerprint density at radius 3 is 1.84 bits per heavy atom. The lowest BCUT2D eigenvalue weighted by Crippen LogP contribution is -2.25. The molecule has 0 amide bonds. The molecule has 10 heteroatoms. The van der Waals surface area contributed by atoms with E-state index in [1.54, 1.807) is 12.1 Å². The van der Waals surface area contributed by atoms with Crippen LogP contribution in [0.3, 0.4) is 0 Å². The summed E-state index contributed by atoms with van der Waals surface area (Å²) in [6, 6.07) is 7.28. The number of ether oxygens (including phenoxy) is 4. The predicted octanol–water partition coefficient (Wildman–Crippen LogP) is 1.48.